The van der Waals surface area contributed by atoms with Gasteiger partial charge in [-0.3, -0.25) is 0 Å². The van der Waals surface area contributed by atoms with Gasteiger partial charge in [0.2, 0.25) is 0 Å². The predicted octanol–water partition coefficient (Wildman–Crippen LogP) is 4.65. The third-order valence-electron chi connectivity index (χ3n) is 4.76. The van der Waals surface area contributed by atoms with Gasteiger partial charge >= 0.3 is 0 Å². The van der Waals surface area contributed by atoms with Crippen molar-refractivity contribution < 1.29 is 4.43 Å². The standard InChI is InChI=1S/C18H27NOSi/c1-17(2,3)21(6)20-16-11-10-13-14(16)8-7-9-15(13)18(4,5)12-19/h7-9,16,21H,10-11H2,1-6H3/t16-,21?/m0/s1. The minimum absolute atomic E-state index is 0.232. The van der Waals surface area contributed by atoms with E-state index in [1.165, 1.54) is 16.7 Å². The minimum atomic E-state index is -1.23. The molecule has 1 aromatic carbocycles. The van der Waals surface area contributed by atoms with E-state index in [1.807, 2.05) is 13.8 Å². The highest BCUT2D eigenvalue weighted by Crippen LogP contribution is 2.41. The van der Waals surface area contributed by atoms with Crippen molar-refractivity contribution in [3.63, 3.8) is 0 Å². The molecule has 0 amide bonds. The molecule has 2 nitrogen and oxygen atoms in total. The van der Waals surface area contributed by atoms with E-state index in [0.29, 0.717) is 0 Å². The van der Waals surface area contributed by atoms with Crippen LogP contribution < -0.4 is 0 Å². The van der Waals surface area contributed by atoms with E-state index in [4.69, 9.17) is 4.43 Å². The summed E-state index contributed by atoms with van der Waals surface area (Å²) in [4.78, 5) is 0. The molecule has 21 heavy (non-hydrogen) atoms. The summed E-state index contributed by atoms with van der Waals surface area (Å²) in [5.41, 5.74) is 3.43. The molecular formula is C18H27NOSi. The van der Waals surface area contributed by atoms with Crippen LogP contribution in [-0.2, 0) is 16.3 Å². The average Bonchev–Trinajstić information content (AvgIpc) is 2.80. The lowest BCUT2D eigenvalue weighted by Gasteiger charge is -2.29. The summed E-state index contributed by atoms with van der Waals surface area (Å²) >= 11 is 0. The lowest BCUT2D eigenvalue weighted by Crippen LogP contribution is -2.27. The average molecular weight is 302 g/mol. The Labute approximate surface area is 130 Å². The van der Waals surface area contributed by atoms with Crippen LogP contribution in [0.5, 0.6) is 0 Å². The summed E-state index contributed by atoms with van der Waals surface area (Å²) in [6, 6.07) is 8.81. The molecule has 0 radical (unpaired) electrons. The van der Waals surface area contributed by atoms with Crippen molar-refractivity contribution in [2.45, 2.75) is 70.6 Å². The van der Waals surface area contributed by atoms with E-state index in [9.17, 15) is 5.26 Å². The van der Waals surface area contributed by atoms with Gasteiger partial charge in [0.05, 0.1) is 17.6 Å². The maximum Gasteiger partial charge on any atom is 0.180 e. The Morgan fingerprint density at radius 2 is 1.90 bits per heavy atom. The second-order valence-corrected chi connectivity index (χ2v) is 11.1. The van der Waals surface area contributed by atoms with Crippen LogP contribution in [0.15, 0.2) is 18.2 Å². The SMILES string of the molecule is C[SiH](O[C@H]1CCc2c1cccc2C(C)(C)C#N)C(C)(C)C. The molecule has 0 bridgehead atoms. The Kier molecular flexibility index (Phi) is 4.33. The van der Waals surface area contributed by atoms with Crippen LogP contribution in [-0.4, -0.2) is 9.04 Å². The first-order valence-corrected chi connectivity index (χ1v) is 10.1. The van der Waals surface area contributed by atoms with Gasteiger partial charge in [-0.05, 0) is 55.0 Å². The second-order valence-electron chi connectivity index (χ2n) is 7.78. The van der Waals surface area contributed by atoms with Gasteiger partial charge in [-0.2, -0.15) is 5.26 Å². The number of hydrogen-bond acceptors (Lipinski definition) is 2. The molecule has 1 unspecified atom stereocenters. The highest BCUT2D eigenvalue weighted by atomic mass is 28.3. The third-order valence-corrected chi connectivity index (χ3v) is 7.93. The quantitative estimate of drug-likeness (QED) is 0.762. The summed E-state index contributed by atoms with van der Waals surface area (Å²) in [7, 11) is -1.23. The minimum Gasteiger partial charge on any atom is -0.413 e. The van der Waals surface area contributed by atoms with Gasteiger partial charge < -0.3 is 4.43 Å². The zero-order valence-corrected chi connectivity index (χ0v) is 15.3. The fraction of sp³-hybridized carbons (Fsp3) is 0.611. The fourth-order valence-electron chi connectivity index (χ4n) is 2.85. The van der Waals surface area contributed by atoms with E-state index in [0.717, 1.165) is 12.8 Å². The van der Waals surface area contributed by atoms with Crippen molar-refractivity contribution in [3.05, 3.63) is 34.9 Å². The van der Waals surface area contributed by atoms with E-state index in [-0.39, 0.29) is 11.1 Å². The van der Waals surface area contributed by atoms with Crippen LogP contribution in [0.1, 0.15) is 63.8 Å². The van der Waals surface area contributed by atoms with Crippen LogP contribution in [0, 0.1) is 11.3 Å². The molecule has 0 spiro atoms. The van der Waals surface area contributed by atoms with Crippen LogP contribution in [0.4, 0.5) is 0 Å². The summed E-state index contributed by atoms with van der Waals surface area (Å²) in [5.74, 6) is 0. The van der Waals surface area contributed by atoms with Crippen LogP contribution in [0.25, 0.3) is 0 Å². The molecule has 2 atom stereocenters. The summed E-state index contributed by atoms with van der Waals surface area (Å²) in [6.07, 6.45) is 2.32. The highest BCUT2D eigenvalue weighted by molar-refractivity contribution is 6.53. The fourth-order valence-corrected chi connectivity index (χ4v) is 4.04. The Morgan fingerprint density at radius 3 is 2.48 bits per heavy atom. The van der Waals surface area contributed by atoms with Crippen molar-refractivity contribution in [1.82, 2.24) is 0 Å². The number of benzene rings is 1. The first kappa shape index (κ1) is 16.3. The molecule has 0 saturated carbocycles. The zero-order chi connectivity index (χ0) is 15.8. The number of fused-ring (bicyclic) bond motifs is 1. The maximum atomic E-state index is 9.42. The lowest BCUT2D eigenvalue weighted by molar-refractivity contribution is 0.198. The van der Waals surface area contributed by atoms with Crippen molar-refractivity contribution in [3.8, 4) is 6.07 Å². The monoisotopic (exact) mass is 301 g/mol. The Hall–Kier alpha value is -1.11. The van der Waals surface area contributed by atoms with E-state index in [2.05, 4.69) is 51.6 Å². The Balaban J connectivity index is 2.31. The largest absolute Gasteiger partial charge is 0.413 e. The predicted molar refractivity (Wildman–Crippen MR) is 90.0 cm³/mol. The molecule has 1 aliphatic carbocycles. The van der Waals surface area contributed by atoms with Crippen molar-refractivity contribution >= 4 is 9.04 Å². The molecule has 0 aliphatic heterocycles. The molecule has 114 valence electrons. The summed E-state index contributed by atoms with van der Waals surface area (Å²) in [5, 5.41) is 9.71. The van der Waals surface area contributed by atoms with Gasteiger partial charge in [0, 0.05) is 0 Å². The normalized spacial score (nSPS) is 20.0. The number of hydrogen-bond donors (Lipinski definition) is 0. The Bertz CT molecular complexity index is 566. The third kappa shape index (κ3) is 3.22. The maximum absolute atomic E-state index is 9.42. The van der Waals surface area contributed by atoms with E-state index in [1.54, 1.807) is 0 Å². The van der Waals surface area contributed by atoms with Gasteiger partial charge in [-0.25, -0.2) is 0 Å². The van der Waals surface area contributed by atoms with Crippen LogP contribution in [0.3, 0.4) is 0 Å². The smallest absolute Gasteiger partial charge is 0.180 e. The molecule has 0 aromatic heterocycles. The van der Waals surface area contributed by atoms with Gasteiger partial charge in [-0.15, -0.1) is 0 Å². The molecule has 2 rings (SSSR count). The van der Waals surface area contributed by atoms with E-state index < -0.39 is 14.5 Å². The molecule has 1 aromatic rings. The van der Waals surface area contributed by atoms with Gasteiger partial charge in [-0.1, -0.05) is 39.0 Å². The number of rotatable bonds is 3. The van der Waals surface area contributed by atoms with Crippen LogP contribution >= 0.6 is 0 Å². The topological polar surface area (TPSA) is 33.0 Å². The zero-order valence-electron chi connectivity index (χ0n) is 14.2. The molecule has 3 heteroatoms. The van der Waals surface area contributed by atoms with Gasteiger partial charge in [0.25, 0.3) is 0 Å². The molecule has 0 N–H and O–H groups in total. The number of nitriles is 1. The van der Waals surface area contributed by atoms with Crippen LogP contribution in [0.2, 0.25) is 11.6 Å². The van der Waals surface area contributed by atoms with Gasteiger partial charge in [0.1, 0.15) is 0 Å². The van der Waals surface area contributed by atoms with Gasteiger partial charge in [0.15, 0.2) is 9.04 Å². The molecule has 1 aliphatic rings. The summed E-state index contributed by atoms with van der Waals surface area (Å²) in [6.45, 7) is 13.1. The van der Waals surface area contributed by atoms with Crippen molar-refractivity contribution in [1.29, 1.82) is 5.26 Å². The molecule has 0 fully saturated rings. The Morgan fingerprint density at radius 1 is 1.24 bits per heavy atom. The van der Waals surface area contributed by atoms with Crippen molar-refractivity contribution in [2.24, 2.45) is 0 Å². The van der Waals surface area contributed by atoms with Crippen molar-refractivity contribution in [2.75, 3.05) is 0 Å². The molecule has 0 saturated heterocycles. The lowest BCUT2D eigenvalue weighted by atomic mass is 9.82. The first-order chi connectivity index (χ1) is 9.66. The molecular weight excluding hydrogens is 274 g/mol. The number of nitrogens with zero attached hydrogens (tertiary/aromatic N) is 1. The summed E-state index contributed by atoms with van der Waals surface area (Å²) < 4.78 is 6.46. The second kappa shape index (κ2) is 5.59. The van der Waals surface area contributed by atoms with E-state index >= 15 is 0 Å². The highest BCUT2D eigenvalue weighted by Gasteiger charge is 2.33. The first-order valence-electron chi connectivity index (χ1n) is 7.86. The molecule has 0 heterocycles.